The van der Waals surface area contributed by atoms with Crippen molar-refractivity contribution < 1.29 is 64.6 Å². The van der Waals surface area contributed by atoms with E-state index in [1.165, 1.54) is 167 Å². The molecule has 546 valence electrons. The number of hydrogen-bond acceptors (Lipinski definition) is 13. The molecule has 12 atom stereocenters. The zero-order valence-electron chi connectivity index (χ0n) is 59.6. The molecule has 0 spiro atoms. The minimum absolute atomic E-state index is 0.236. The van der Waals surface area contributed by atoms with Crippen molar-refractivity contribution in [2.45, 2.75) is 364 Å². The second-order valence-electron chi connectivity index (χ2n) is 26.4. The summed E-state index contributed by atoms with van der Waals surface area (Å²) >= 11 is 0. The second-order valence-corrected chi connectivity index (χ2v) is 26.4. The molecule has 2 aliphatic heterocycles. The van der Waals surface area contributed by atoms with Crippen molar-refractivity contribution in [3.05, 3.63) is 122 Å². The molecule has 12 unspecified atom stereocenters. The van der Waals surface area contributed by atoms with Gasteiger partial charge in [0.05, 0.1) is 32.0 Å². The number of aliphatic hydroxyl groups excluding tert-OH is 8. The molecule has 2 heterocycles. The Labute approximate surface area is 578 Å². The molecule has 2 rings (SSSR count). The first-order chi connectivity index (χ1) is 46.6. The van der Waals surface area contributed by atoms with Crippen molar-refractivity contribution >= 4 is 5.91 Å². The minimum atomic E-state index is -1.80. The summed E-state index contributed by atoms with van der Waals surface area (Å²) in [6.45, 7) is 2.67. The molecule has 2 saturated heterocycles. The molecule has 14 heteroatoms. The fraction of sp³-hybridized carbons (Fsp3) is 0.741. The Bertz CT molecular complexity index is 2060. The van der Waals surface area contributed by atoms with E-state index < -0.39 is 86.8 Å². The van der Waals surface area contributed by atoms with Crippen molar-refractivity contribution in [2.24, 2.45) is 0 Å². The Hall–Kier alpha value is -3.61. The first-order valence-electron chi connectivity index (χ1n) is 38.3. The van der Waals surface area contributed by atoms with Crippen LogP contribution < -0.4 is 5.32 Å². The van der Waals surface area contributed by atoms with Crippen LogP contribution in [0, 0.1) is 0 Å². The van der Waals surface area contributed by atoms with Crippen molar-refractivity contribution in [1.82, 2.24) is 5.32 Å². The number of aliphatic hydroxyl groups is 8. The van der Waals surface area contributed by atoms with Gasteiger partial charge in [0.1, 0.15) is 48.8 Å². The highest BCUT2D eigenvalue weighted by Gasteiger charge is 2.51. The van der Waals surface area contributed by atoms with E-state index in [1.54, 1.807) is 6.08 Å². The Morgan fingerprint density at radius 2 is 0.737 bits per heavy atom. The van der Waals surface area contributed by atoms with E-state index in [2.05, 4.69) is 129 Å². The average molecular weight is 1330 g/mol. The largest absolute Gasteiger partial charge is 0.394 e. The lowest BCUT2D eigenvalue weighted by molar-refractivity contribution is -0.359. The van der Waals surface area contributed by atoms with Crippen LogP contribution in [-0.2, 0) is 23.7 Å². The summed E-state index contributed by atoms with van der Waals surface area (Å²) in [5, 5.41) is 87.5. The van der Waals surface area contributed by atoms with Crippen LogP contribution in [-0.4, -0.2) is 140 Å². The predicted molar refractivity (Wildman–Crippen MR) is 392 cm³/mol. The van der Waals surface area contributed by atoms with Gasteiger partial charge >= 0.3 is 0 Å². The summed E-state index contributed by atoms with van der Waals surface area (Å²) in [6.07, 6.45) is 77.0. The number of carbonyl (C=O) groups is 1. The SMILES string of the molecule is CC/C=C\C/C=C\C/C=C\C/C=C\C/C=C\C/C=C\C/C=C\C/C=C\CCCCCCC(=O)NC(COC1OC(CO)C(OC2OC(CO)C(O)C(O)C2O)C(O)C1O)C(O)/C=C/CC/C=C/CCCCCCCCCCCCCCCCCCCCCCCCCCCC. The third kappa shape index (κ3) is 47.1. The van der Waals surface area contributed by atoms with E-state index in [0.717, 1.165) is 89.9 Å². The average Bonchev–Trinajstić information content (AvgIpc) is 0.801. The van der Waals surface area contributed by atoms with Gasteiger partial charge in [-0.25, -0.2) is 0 Å². The minimum Gasteiger partial charge on any atom is -0.394 e. The molecule has 9 N–H and O–H groups in total. The van der Waals surface area contributed by atoms with Crippen molar-refractivity contribution in [3.8, 4) is 0 Å². The number of rotatable bonds is 62. The van der Waals surface area contributed by atoms with Gasteiger partial charge < -0.3 is 65.1 Å². The quantitative estimate of drug-likeness (QED) is 0.0204. The first-order valence-corrected chi connectivity index (χ1v) is 38.3. The van der Waals surface area contributed by atoms with Crippen molar-refractivity contribution in [1.29, 1.82) is 0 Å². The van der Waals surface area contributed by atoms with Crippen LogP contribution in [0.1, 0.15) is 290 Å². The van der Waals surface area contributed by atoms with Gasteiger partial charge in [0.15, 0.2) is 12.6 Å². The molecular weight excluding hydrogens is 1190 g/mol. The van der Waals surface area contributed by atoms with Crippen LogP contribution in [0.2, 0.25) is 0 Å². The molecule has 2 aliphatic rings. The number of allylic oxidation sites excluding steroid dienone is 19. The molecule has 14 nitrogen and oxygen atoms in total. The lowest BCUT2D eigenvalue weighted by Crippen LogP contribution is -2.65. The topological polar surface area (TPSA) is 228 Å². The molecule has 0 aliphatic carbocycles. The van der Waals surface area contributed by atoms with Gasteiger partial charge in [-0.15, -0.1) is 0 Å². The molecule has 1 amide bonds. The van der Waals surface area contributed by atoms with E-state index in [4.69, 9.17) is 18.9 Å². The van der Waals surface area contributed by atoms with Crippen LogP contribution in [0.15, 0.2) is 122 Å². The highest BCUT2D eigenvalue weighted by atomic mass is 16.7. The number of amides is 1. The summed E-state index contributed by atoms with van der Waals surface area (Å²) in [6, 6.07) is -0.957. The fourth-order valence-electron chi connectivity index (χ4n) is 11.9. The van der Waals surface area contributed by atoms with Crippen LogP contribution in [0.3, 0.4) is 0 Å². The fourth-order valence-corrected chi connectivity index (χ4v) is 11.9. The third-order valence-corrected chi connectivity index (χ3v) is 17.9. The maximum atomic E-state index is 13.3. The van der Waals surface area contributed by atoms with Gasteiger partial charge in [-0.3, -0.25) is 4.79 Å². The van der Waals surface area contributed by atoms with Crippen molar-refractivity contribution in [3.63, 3.8) is 0 Å². The van der Waals surface area contributed by atoms with E-state index in [9.17, 15) is 45.6 Å². The van der Waals surface area contributed by atoms with Gasteiger partial charge in [-0.2, -0.15) is 0 Å². The molecule has 0 radical (unpaired) electrons. The number of hydrogen-bond donors (Lipinski definition) is 9. The monoisotopic (exact) mass is 1330 g/mol. The Morgan fingerprint density at radius 1 is 0.389 bits per heavy atom. The van der Waals surface area contributed by atoms with E-state index in [-0.39, 0.29) is 18.9 Å². The normalized spacial score (nSPS) is 23.1. The van der Waals surface area contributed by atoms with Crippen LogP contribution in [0.25, 0.3) is 0 Å². The standard InChI is InChI=1S/C81H139NO13/c1-3-5-7-9-11-13-15-17-19-21-23-25-27-29-31-33-34-35-37-38-40-42-44-46-48-50-52-54-56-58-60-62-64-70(85)69(68-92-80-78(91)76(89)79(72(67-84)94-80)95-81-77(90)75(88)74(87)71(66-83)93-81)82-73(86)65-63-61-59-57-55-53-51-49-47-45-43-41-39-36-32-30-28-26-24-22-20-18-16-14-12-10-8-6-4-2/h6,8,12,14,18,20,24,26,30,32,39,41,45,47,51,53-54,56,62,64,69-72,74-81,83-85,87-91H,3-5,7,9-11,13,15-17,19,21-23,25,27-29,31,33-38,40,42-44,46,48-50,52,55,57-61,63,65-68H2,1-2H3,(H,82,86)/b8-6-,14-12-,20-18-,26-24-,32-30-,41-39-,47-45-,53-51-,56-54+,64-62+. The van der Waals surface area contributed by atoms with Crippen molar-refractivity contribution in [2.75, 3.05) is 19.8 Å². The number of nitrogens with one attached hydrogen (secondary N) is 1. The number of carbonyl (C=O) groups excluding carboxylic acids is 1. The van der Waals surface area contributed by atoms with E-state index >= 15 is 0 Å². The summed E-state index contributed by atoms with van der Waals surface area (Å²) in [7, 11) is 0. The summed E-state index contributed by atoms with van der Waals surface area (Å²) in [5.74, 6) is -0.276. The van der Waals surface area contributed by atoms with Gasteiger partial charge in [0.2, 0.25) is 5.91 Å². The zero-order chi connectivity index (χ0) is 68.7. The van der Waals surface area contributed by atoms with Crippen LogP contribution >= 0.6 is 0 Å². The van der Waals surface area contributed by atoms with Gasteiger partial charge in [-0.1, -0.05) is 309 Å². The van der Waals surface area contributed by atoms with E-state index in [1.807, 2.05) is 6.08 Å². The Kier molecular flexibility index (Phi) is 58.8. The molecule has 0 bridgehead atoms. The number of ether oxygens (including phenoxy) is 4. The zero-order valence-corrected chi connectivity index (χ0v) is 59.6. The molecule has 0 aromatic rings. The van der Waals surface area contributed by atoms with Gasteiger partial charge in [-0.05, 0) is 96.3 Å². The molecule has 0 saturated carbocycles. The molecule has 0 aromatic carbocycles. The highest BCUT2D eigenvalue weighted by molar-refractivity contribution is 5.76. The maximum absolute atomic E-state index is 13.3. The summed E-state index contributed by atoms with van der Waals surface area (Å²) in [5.41, 5.74) is 0. The predicted octanol–water partition coefficient (Wildman–Crippen LogP) is 16.8. The maximum Gasteiger partial charge on any atom is 0.220 e. The highest BCUT2D eigenvalue weighted by Crippen LogP contribution is 2.30. The lowest BCUT2D eigenvalue weighted by atomic mass is 9.97. The smallest absolute Gasteiger partial charge is 0.220 e. The lowest BCUT2D eigenvalue weighted by Gasteiger charge is -2.46. The van der Waals surface area contributed by atoms with Crippen LogP contribution in [0.4, 0.5) is 0 Å². The summed E-state index contributed by atoms with van der Waals surface area (Å²) in [4.78, 5) is 13.3. The molecular formula is C81H139NO13. The molecule has 0 aromatic heterocycles. The Balaban J connectivity index is 1.69. The Morgan fingerprint density at radius 3 is 1.16 bits per heavy atom. The van der Waals surface area contributed by atoms with E-state index in [0.29, 0.717) is 12.8 Å². The van der Waals surface area contributed by atoms with Crippen LogP contribution in [0.5, 0.6) is 0 Å². The van der Waals surface area contributed by atoms with Gasteiger partial charge in [0, 0.05) is 6.42 Å². The second kappa shape index (κ2) is 63.8. The third-order valence-electron chi connectivity index (χ3n) is 17.9. The first kappa shape index (κ1) is 87.5. The molecule has 95 heavy (non-hydrogen) atoms. The summed E-state index contributed by atoms with van der Waals surface area (Å²) < 4.78 is 22.9. The molecule has 2 fully saturated rings. The number of unbranched alkanes of at least 4 members (excludes halogenated alkanes) is 31. The van der Waals surface area contributed by atoms with Gasteiger partial charge in [0.25, 0.3) is 0 Å².